The van der Waals surface area contributed by atoms with Crippen molar-refractivity contribution in [3.05, 3.63) is 0 Å². The summed E-state index contributed by atoms with van der Waals surface area (Å²) < 4.78 is 0. The van der Waals surface area contributed by atoms with Crippen LogP contribution in [0.25, 0.3) is 0 Å². The van der Waals surface area contributed by atoms with Gasteiger partial charge in [0.1, 0.15) is 0 Å². The van der Waals surface area contributed by atoms with Crippen molar-refractivity contribution in [2.45, 2.75) is 58.4 Å². The Morgan fingerprint density at radius 1 is 1.00 bits per heavy atom. The highest BCUT2D eigenvalue weighted by molar-refractivity contribution is 4.81. The van der Waals surface area contributed by atoms with E-state index in [-0.39, 0.29) is 0 Å². The molecule has 1 saturated carbocycles. The molecule has 0 spiro atoms. The van der Waals surface area contributed by atoms with E-state index in [1.165, 1.54) is 51.6 Å². The highest BCUT2D eigenvalue weighted by atomic mass is 15.2. The van der Waals surface area contributed by atoms with Crippen molar-refractivity contribution in [2.75, 3.05) is 19.6 Å². The van der Waals surface area contributed by atoms with Gasteiger partial charge in [0, 0.05) is 12.6 Å². The number of likely N-dealkylation sites (tertiary alicyclic amines) is 1. The first kappa shape index (κ1) is 13.4. The predicted molar refractivity (Wildman–Crippen MR) is 73.9 cm³/mol. The summed E-state index contributed by atoms with van der Waals surface area (Å²) in [5, 5.41) is 0. The third kappa shape index (κ3) is 3.69. The minimum atomic E-state index is 0.811. The monoisotopic (exact) mass is 238 g/mol. The predicted octanol–water partition coefficient (Wildman–Crippen LogP) is 2.87. The Balaban J connectivity index is 1.74. The van der Waals surface area contributed by atoms with E-state index in [1.54, 1.807) is 0 Å². The van der Waals surface area contributed by atoms with E-state index in [0.29, 0.717) is 0 Å². The molecule has 1 heterocycles. The first-order chi connectivity index (χ1) is 8.19. The zero-order chi connectivity index (χ0) is 12.3. The molecule has 0 bridgehead atoms. The number of rotatable bonds is 3. The lowest BCUT2D eigenvalue weighted by Crippen LogP contribution is -2.43. The Morgan fingerprint density at radius 2 is 1.65 bits per heavy atom. The summed E-state index contributed by atoms with van der Waals surface area (Å²) in [6.07, 6.45) is 8.39. The SMILES string of the molecule is CC1CCN(CC2CCC(CN)CC2)C(C)C1. The van der Waals surface area contributed by atoms with Crippen LogP contribution in [0, 0.1) is 17.8 Å². The number of nitrogens with two attached hydrogens (primary N) is 1. The van der Waals surface area contributed by atoms with Crippen LogP contribution in [0.2, 0.25) is 0 Å². The number of hydrogen-bond acceptors (Lipinski definition) is 2. The van der Waals surface area contributed by atoms with Crippen molar-refractivity contribution in [3.63, 3.8) is 0 Å². The molecule has 1 aliphatic carbocycles. The van der Waals surface area contributed by atoms with Gasteiger partial charge < -0.3 is 10.6 Å². The van der Waals surface area contributed by atoms with E-state index in [2.05, 4.69) is 18.7 Å². The van der Waals surface area contributed by atoms with Gasteiger partial charge in [-0.3, -0.25) is 0 Å². The van der Waals surface area contributed by atoms with E-state index in [9.17, 15) is 0 Å². The Bertz CT molecular complexity index is 221. The highest BCUT2D eigenvalue weighted by Gasteiger charge is 2.27. The van der Waals surface area contributed by atoms with Gasteiger partial charge in [-0.15, -0.1) is 0 Å². The van der Waals surface area contributed by atoms with Gasteiger partial charge in [-0.1, -0.05) is 6.92 Å². The number of piperidine rings is 1. The summed E-state index contributed by atoms with van der Waals surface area (Å²) in [7, 11) is 0. The molecule has 2 unspecified atom stereocenters. The third-order valence-electron chi connectivity index (χ3n) is 5.07. The van der Waals surface area contributed by atoms with Crippen molar-refractivity contribution in [2.24, 2.45) is 23.5 Å². The fourth-order valence-electron chi connectivity index (χ4n) is 3.71. The molecule has 0 radical (unpaired) electrons. The minimum absolute atomic E-state index is 0.811. The minimum Gasteiger partial charge on any atom is -0.330 e. The fourth-order valence-corrected chi connectivity index (χ4v) is 3.71. The average Bonchev–Trinajstić information content (AvgIpc) is 2.34. The van der Waals surface area contributed by atoms with Crippen molar-refractivity contribution < 1.29 is 0 Å². The van der Waals surface area contributed by atoms with E-state index < -0.39 is 0 Å². The Labute approximate surface area is 107 Å². The normalized spacial score (nSPS) is 40.4. The maximum Gasteiger partial charge on any atom is 0.00695 e. The molecule has 2 aliphatic rings. The van der Waals surface area contributed by atoms with Crippen molar-refractivity contribution in [1.29, 1.82) is 0 Å². The van der Waals surface area contributed by atoms with Crippen LogP contribution in [-0.2, 0) is 0 Å². The first-order valence-electron chi connectivity index (χ1n) is 7.63. The van der Waals surface area contributed by atoms with E-state index >= 15 is 0 Å². The quantitative estimate of drug-likeness (QED) is 0.819. The van der Waals surface area contributed by atoms with Gasteiger partial charge in [0.25, 0.3) is 0 Å². The smallest absolute Gasteiger partial charge is 0.00695 e. The zero-order valence-corrected chi connectivity index (χ0v) is 11.7. The molecule has 0 aromatic heterocycles. The van der Waals surface area contributed by atoms with Crippen LogP contribution in [-0.4, -0.2) is 30.6 Å². The number of nitrogens with zero attached hydrogens (tertiary/aromatic N) is 1. The topological polar surface area (TPSA) is 29.3 Å². The Hall–Kier alpha value is -0.0800. The van der Waals surface area contributed by atoms with Crippen LogP contribution in [0.4, 0.5) is 0 Å². The largest absolute Gasteiger partial charge is 0.330 e. The Kier molecular flexibility index (Phi) is 4.87. The lowest BCUT2D eigenvalue weighted by molar-refractivity contribution is 0.0946. The fraction of sp³-hybridized carbons (Fsp3) is 1.00. The molecule has 100 valence electrons. The summed E-state index contributed by atoms with van der Waals surface area (Å²) in [5.74, 6) is 2.72. The Morgan fingerprint density at radius 3 is 2.24 bits per heavy atom. The summed E-state index contributed by atoms with van der Waals surface area (Å²) in [5.41, 5.74) is 5.76. The van der Waals surface area contributed by atoms with E-state index in [4.69, 9.17) is 5.73 Å². The van der Waals surface area contributed by atoms with Crippen molar-refractivity contribution in [1.82, 2.24) is 4.90 Å². The van der Waals surface area contributed by atoms with Gasteiger partial charge >= 0.3 is 0 Å². The van der Waals surface area contributed by atoms with Gasteiger partial charge in [-0.2, -0.15) is 0 Å². The summed E-state index contributed by atoms with van der Waals surface area (Å²) in [4.78, 5) is 2.74. The molecule has 1 saturated heterocycles. The maximum atomic E-state index is 5.76. The standard InChI is InChI=1S/C15H30N2/c1-12-7-8-17(13(2)9-12)11-15-5-3-14(10-16)4-6-15/h12-15H,3-11,16H2,1-2H3. The first-order valence-corrected chi connectivity index (χ1v) is 7.63. The molecule has 2 nitrogen and oxygen atoms in total. The molecule has 2 N–H and O–H groups in total. The molecule has 0 aromatic carbocycles. The van der Waals surface area contributed by atoms with Gasteiger partial charge in [0.05, 0.1) is 0 Å². The second kappa shape index (κ2) is 6.19. The lowest BCUT2D eigenvalue weighted by Gasteiger charge is -2.40. The molecular weight excluding hydrogens is 208 g/mol. The molecule has 17 heavy (non-hydrogen) atoms. The maximum absolute atomic E-state index is 5.76. The number of hydrogen-bond donors (Lipinski definition) is 1. The molecule has 2 atom stereocenters. The second-order valence-corrected chi connectivity index (χ2v) is 6.60. The van der Waals surface area contributed by atoms with Gasteiger partial charge in [0.2, 0.25) is 0 Å². The summed E-state index contributed by atoms with van der Waals surface area (Å²) in [6, 6.07) is 0.811. The molecule has 1 aliphatic heterocycles. The lowest BCUT2D eigenvalue weighted by atomic mass is 9.81. The van der Waals surface area contributed by atoms with Crippen LogP contribution in [0.3, 0.4) is 0 Å². The van der Waals surface area contributed by atoms with Crippen LogP contribution in [0.5, 0.6) is 0 Å². The molecule has 2 heteroatoms. The van der Waals surface area contributed by atoms with Crippen molar-refractivity contribution >= 4 is 0 Å². The highest BCUT2D eigenvalue weighted by Crippen LogP contribution is 2.31. The molecular formula is C15H30N2. The van der Waals surface area contributed by atoms with Gasteiger partial charge in [-0.25, -0.2) is 0 Å². The zero-order valence-electron chi connectivity index (χ0n) is 11.7. The molecule has 2 fully saturated rings. The third-order valence-corrected chi connectivity index (χ3v) is 5.07. The molecule has 2 rings (SSSR count). The van der Waals surface area contributed by atoms with Gasteiger partial charge in [-0.05, 0) is 76.3 Å². The van der Waals surface area contributed by atoms with E-state index in [1.807, 2.05) is 0 Å². The molecule has 0 amide bonds. The van der Waals surface area contributed by atoms with Crippen LogP contribution >= 0.6 is 0 Å². The van der Waals surface area contributed by atoms with Crippen molar-refractivity contribution in [3.8, 4) is 0 Å². The summed E-state index contributed by atoms with van der Waals surface area (Å²) >= 11 is 0. The van der Waals surface area contributed by atoms with Crippen LogP contribution in [0.15, 0.2) is 0 Å². The van der Waals surface area contributed by atoms with Crippen LogP contribution < -0.4 is 5.73 Å². The second-order valence-electron chi connectivity index (χ2n) is 6.60. The average molecular weight is 238 g/mol. The summed E-state index contributed by atoms with van der Waals surface area (Å²) in [6.45, 7) is 8.41. The van der Waals surface area contributed by atoms with Gasteiger partial charge in [0.15, 0.2) is 0 Å². The van der Waals surface area contributed by atoms with Crippen LogP contribution in [0.1, 0.15) is 52.4 Å². The van der Waals surface area contributed by atoms with E-state index in [0.717, 1.165) is 30.3 Å². The molecule has 0 aromatic rings.